The molecular weight excluding hydrogens is 280 g/mol. The lowest BCUT2D eigenvalue weighted by atomic mass is 10.2. The number of nitrogens with zero attached hydrogens (tertiary/aromatic N) is 2. The van der Waals surface area contributed by atoms with Crippen molar-refractivity contribution in [1.29, 1.82) is 0 Å². The standard InChI is InChI=1S/C13H24N2O4S/c1-5-6-11-15(10(8-20-11)12(16)17)13(18)14(3)9(2)7-19-4/h9-11H,5-8H2,1-4H3,(H,16,17). The normalized spacial score (nSPS) is 23.7. The first-order valence-electron chi connectivity index (χ1n) is 6.82. The minimum absolute atomic E-state index is 0.0502. The zero-order chi connectivity index (χ0) is 15.3. The Labute approximate surface area is 124 Å². The number of carbonyl (C=O) groups excluding carboxylic acids is 1. The molecule has 0 aliphatic carbocycles. The number of carboxylic acid groups (broad SMARTS) is 1. The summed E-state index contributed by atoms with van der Waals surface area (Å²) in [6, 6.07) is -1.05. The highest BCUT2D eigenvalue weighted by Gasteiger charge is 2.42. The van der Waals surface area contributed by atoms with Gasteiger partial charge in [0.25, 0.3) is 0 Å². The molecule has 2 amide bonds. The van der Waals surface area contributed by atoms with Crippen molar-refractivity contribution in [3.05, 3.63) is 0 Å². The van der Waals surface area contributed by atoms with Crippen molar-refractivity contribution >= 4 is 23.8 Å². The van der Waals surface area contributed by atoms with Crippen molar-refractivity contribution in [2.75, 3.05) is 26.5 Å². The van der Waals surface area contributed by atoms with Crippen LogP contribution < -0.4 is 0 Å². The Morgan fingerprint density at radius 2 is 2.20 bits per heavy atom. The summed E-state index contributed by atoms with van der Waals surface area (Å²) in [5.41, 5.74) is 0. The summed E-state index contributed by atoms with van der Waals surface area (Å²) in [6.45, 7) is 4.35. The Morgan fingerprint density at radius 3 is 2.70 bits per heavy atom. The number of likely N-dealkylation sites (N-methyl/N-ethyl adjacent to an activating group) is 1. The van der Waals surface area contributed by atoms with Gasteiger partial charge in [0, 0.05) is 19.9 Å². The summed E-state index contributed by atoms with van der Waals surface area (Å²) >= 11 is 1.55. The van der Waals surface area contributed by atoms with Crippen LogP contribution in [0.2, 0.25) is 0 Å². The summed E-state index contributed by atoms with van der Waals surface area (Å²) in [7, 11) is 3.28. The molecule has 1 heterocycles. The maximum absolute atomic E-state index is 12.6. The van der Waals surface area contributed by atoms with Crippen molar-refractivity contribution in [1.82, 2.24) is 9.80 Å². The first-order valence-corrected chi connectivity index (χ1v) is 7.87. The van der Waals surface area contributed by atoms with E-state index in [4.69, 9.17) is 4.74 Å². The summed E-state index contributed by atoms with van der Waals surface area (Å²) < 4.78 is 5.05. The summed E-state index contributed by atoms with van der Waals surface area (Å²) in [4.78, 5) is 27.0. The van der Waals surface area contributed by atoms with Gasteiger partial charge in [0.1, 0.15) is 6.04 Å². The first-order chi connectivity index (χ1) is 9.43. The molecule has 1 N–H and O–H groups in total. The van der Waals surface area contributed by atoms with Gasteiger partial charge in [-0.15, -0.1) is 11.8 Å². The van der Waals surface area contributed by atoms with E-state index in [1.54, 1.807) is 30.8 Å². The third kappa shape index (κ3) is 3.79. The maximum Gasteiger partial charge on any atom is 0.327 e. The number of methoxy groups -OCH3 is 1. The van der Waals surface area contributed by atoms with Crippen LogP contribution in [0.5, 0.6) is 0 Å². The number of urea groups is 1. The summed E-state index contributed by atoms with van der Waals surface area (Å²) in [6.07, 6.45) is 1.73. The molecule has 1 aliphatic heterocycles. The third-order valence-electron chi connectivity index (χ3n) is 3.50. The number of hydrogen-bond donors (Lipinski definition) is 1. The van der Waals surface area contributed by atoms with Crippen molar-refractivity contribution in [2.45, 2.75) is 44.1 Å². The van der Waals surface area contributed by atoms with Crippen LogP contribution in [0.3, 0.4) is 0 Å². The number of carbonyl (C=O) groups is 2. The predicted molar refractivity (Wildman–Crippen MR) is 78.9 cm³/mol. The second kappa shape index (κ2) is 7.73. The highest BCUT2D eigenvalue weighted by atomic mass is 32.2. The topological polar surface area (TPSA) is 70.1 Å². The monoisotopic (exact) mass is 304 g/mol. The Balaban J connectivity index is 2.85. The van der Waals surface area contributed by atoms with Crippen LogP contribution >= 0.6 is 11.8 Å². The molecule has 1 saturated heterocycles. The fourth-order valence-corrected chi connectivity index (χ4v) is 3.71. The fraction of sp³-hybridized carbons (Fsp3) is 0.846. The summed E-state index contributed by atoms with van der Waals surface area (Å²) in [5, 5.41) is 9.24. The number of ether oxygens (including phenoxy) is 1. The summed E-state index contributed by atoms with van der Waals surface area (Å²) in [5.74, 6) is -0.477. The third-order valence-corrected chi connectivity index (χ3v) is 4.86. The number of aliphatic carboxylic acids is 1. The van der Waals surface area contributed by atoms with Gasteiger partial charge in [-0.05, 0) is 13.3 Å². The molecule has 3 atom stereocenters. The average molecular weight is 304 g/mol. The zero-order valence-corrected chi connectivity index (χ0v) is 13.4. The van der Waals surface area contributed by atoms with Gasteiger partial charge in [-0.2, -0.15) is 0 Å². The number of hydrogen-bond acceptors (Lipinski definition) is 4. The van der Waals surface area contributed by atoms with Crippen LogP contribution in [0.4, 0.5) is 4.79 Å². The van der Waals surface area contributed by atoms with Gasteiger partial charge in [-0.1, -0.05) is 13.3 Å². The number of rotatable bonds is 6. The van der Waals surface area contributed by atoms with Gasteiger partial charge in [0.2, 0.25) is 0 Å². The van der Waals surface area contributed by atoms with Gasteiger partial charge >= 0.3 is 12.0 Å². The van der Waals surface area contributed by atoms with E-state index < -0.39 is 12.0 Å². The Kier molecular flexibility index (Phi) is 6.61. The van der Waals surface area contributed by atoms with Gasteiger partial charge in [0.15, 0.2) is 0 Å². The molecular formula is C13H24N2O4S. The van der Waals surface area contributed by atoms with Crippen molar-refractivity contribution in [3.63, 3.8) is 0 Å². The second-order valence-corrected chi connectivity index (χ2v) is 6.25. The Morgan fingerprint density at radius 1 is 1.55 bits per heavy atom. The molecule has 0 aromatic heterocycles. The van der Waals surface area contributed by atoms with E-state index in [1.165, 1.54) is 4.90 Å². The van der Waals surface area contributed by atoms with E-state index in [9.17, 15) is 14.7 Å². The van der Waals surface area contributed by atoms with E-state index in [0.29, 0.717) is 12.4 Å². The molecule has 1 fully saturated rings. The van der Waals surface area contributed by atoms with E-state index in [2.05, 4.69) is 0 Å². The minimum Gasteiger partial charge on any atom is -0.480 e. The van der Waals surface area contributed by atoms with Crippen LogP contribution in [0.15, 0.2) is 0 Å². The van der Waals surface area contributed by atoms with Crippen LogP contribution in [-0.4, -0.2) is 70.9 Å². The molecule has 0 saturated carbocycles. The van der Waals surface area contributed by atoms with Crippen LogP contribution in [0.1, 0.15) is 26.7 Å². The second-order valence-electron chi connectivity index (χ2n) is 5.04. The van der Waals surface area contributed by atoms with E-state index >= 15 is 0 Å². The number of carboxylic acids is 1. The smallest absolute Gasteiger partial charge is 0.327 e. The molecule has 1 aliphatic rings. The van der Waals surface area contributed by atoms with Gasteiger partial charge in [-0.25, -0.2) is 9.59 Å². The SMILES string of the molecule is CCCC1SCC(C(=O)O)N1C(=O)N(C)C(C)COC. The average Bonchev–Trinajstić information content (AvgIpc) is 2.81. The molecule has 0 bridgehead atoms. The van der Waals surface area contributed by atoms with E-state index in [1.807, 2.05) is 13.8 Å². The number of amides is 2. The van der Waals surface area contributed by atoms with Gasteiger partial charge < -0.3 is 14.7 Å². The highest BCUT2D eigenvalue weighted by molar-refractivity contribution is 8.00. The number of thioether (sulfide) groups is 1. The minimum atomic E-state index is -0.933. The molecule has 20 heavy (non-hydrogen) atoms. The molecule has 0 radical (unpaired) electrons. The largest absolute Gasteiger partial charge is 0.480 e. The molecule has 0 aromatic carbocycles. The zero-order valence-electron chi connectivity index (χ0n) is 12.5. The van der Waals surface area contributed by atoms with E-state index in [0.717, 1.165) is 12.8 Å². The van der Waals surface area contributed by atoms with Crippen LogP contribution in [0, 0.1) is 0 Å². The van der Waals surface area contributed by atoms with Crippen LogP contribution in [0.25, 0.3) is 0 Å². The molecule has 6 nitrogen and oxygen atoms in total. The lowest BCUT2D eigenvalue weighted by molar-refractivity contribution is -0.141. The quantitative estimate of drug-likeness (QED) is 0.809. The molecule has 116 valence electrons. The van der Waals surface area contributed by atoms with Crippen LogP contribution in [-0.2, 0) is 9.53 Å². The van der Waals surface area contributed by atoms with Crippen molar-refractivity contribution < 1.29 is 19.4 Å². The predicted octanol–water partition coefficient (Wildman–Crippen LogP) is 1.70. The molecule has 3 unspecified atom stereocenters. The van der Waals surface area contributed by atoms with Gasteiger partial charge in [0.05, 0.1) is 18.0 Å². The Bertz CT molecular complexity index is 353. The molecule has 7 heteroatoms. The first kappa shape index (κ1) is 17.1. The molecule has 0 spiro atoms. The van der Waals surface area contributed by atoms with E-state index in [-0.39, 0.29) is 17.4 Å². The molecule has 1 rings (SSSR count). The van der Waals surface area contributed by atoms with Crippen molar-refractivity contribution in [3.8, 4) is 0 Å². The lowest BCUT2D eigenvalue weighted by Crippen LogP contribution is -2.53. The molecule has 0 aromatic rings. The lowest BCUT2D eigenvalue weighted by Gasteiger charge is -2.34. The fourth-order valence-electron chi connectivity index (χ4n) is 2.20. The highest BCUT2D eigenvalue weighted by Crippen LogP contribution is 2.33. The van der Waals surface area contributed by atoms with Gasteiger partial charge in [-0.3, -0.25) is 4.90 Å². The maximum atomic E-state index is 12.6. The Hall–Kier alpha value is -0.950. The van der Waals surface area contributed by atoms with Crippen molar-refractivity contribution in [2.24, 2.45) is 0 Å².